The van der Waals surface area contributed by atoms with Gasteiger partial charge < -0.3 is 15.2 Å². The first-order valence-electron chi connectivity index (χ1n) is 8.52. The summed E-state index contributed by atoms with van der Waals surface area (Å²) in [5.74, 6) is -1.00. The third-order valence-corrected chi connectivity index (χ3v) is 5.53. The van der Waals surface area contributed by atoms with Gasteiger partial charge in [-0.05, 0) is 33.2 Å². The molecule has 1 amide bonds. The summed E-state index contributed by atoms with van der Waals surface area (Å²) in [6.45, 7) is 0.358. The molecular formula is C21H17NO4S. The molecular weight excluding hydrogens is 362 g/mol. The van der Waals surface area contributed by atoms with Crippen LogP contribution in [0.3, 0.4) is 0 Å². The van der Waals surface area contributed by atoms with Crippen molar-refractivity contribution < 1.29 is 19.4 Å². The average Bonchev–Trinajstić information content (AvgIpc) is 3.28. The lowest BCUT2D eigenvalue weighted by molar-refractivity contribution is 0.0695. The second kappa shape index (κ2) is 7.25. The number of amides is 1. The number of carbonyl (C=O) groups is 2. The second-order valence-corrected chi connectivity index (χ2v) is 7.04. The molecule has 5 nitrogen and oxygen atoms in total. The number of carbonyl (C=O) groups excluding carboxylic acids is 1. The first-order valence-corrected chi connectivity index (χ1v) is 9.46. The van der Waals surface area contributed by atoms with Crippen LogP contribution >= 0.6 is 11.3 Å². The summed E-state index contributed by atoms with van der Waals surface area (Å²) < 4.78 is 5.44. The highest BCUT2D eigenvalue weighted by atomic mass is 32.1. The fraction of sp³-hybridized carbons (Fsp3) is 0.143. The van der Waals surface area contributed by atoms with Gasteiger partial charge in [-0.15, -0.1) is 0 Å². The molecule has 0 aliphatic heterocycles. The van der Waals surface area contributed by atoms with E-state index in [1.54, 1.807) is 10.8 Å². The first-order chi connectivity index (χ1) is 13.1. The second-order valence-electron chi connectivity index (χ2n) is 6.29. The molecule has 0 atom stereocenters. The predicted molar refractivity (Wildman–Crippen MR) is 103 cm³/mol. The molecule has 1 aromatic heterocycles. The summed E-state index contributed by atoms with van der Waals surface area (Å²) in [6.07, 6.45) is -0.556. The Hall–Kier alpha value is -3.12. The van der Waals surface area contributed by atoms with Gasteiger partial charge in [-0.25, -0.2) is 9.59 Å². The zero-order chi connectivity index (χ0) is 18.8. The Labute approximate surface area is 160 Å². The minimum absolute atomic E-state index is 0.00104. The van der Waals surface area contributed by atoms with Gasteiger partial charge >= 0.3 is 12.1 Å². The smallest absolute Gasteiger partial charge is 0.407 e. The van der Waals surface area contributed by atoms with E-state index in [9.17, 15) is 9.59 Å². The topological polar surface area (TPSA) is 75.6 Å². The van der Waals surface area contributed by atoms with Crippen molar-refractivity contribution in [2.24, 2.45) is 0 Å². The van der Waals surface area contributed by atoms with Crippen LogP contribution in [0.4, 0.5) is 4.79 Å². The van der Waals surface area contributed by atoms with Crippen molar-refractivity contribution in [3.63, 3.8) is 0 Å². The van der Waals surface area contributed by atoms with Crippen LogP contribution in [0, 0.1) is 0 Å². The van der Waals surface area contributed by atoms with Crippen molar-refractivity contribution in [2.45, 2.75) is 12.5 Å². The van der Waals surface area contributed by atoms with E-state index in [1.165, 1.54) is 22.5 Å². The summed E-state index contributed by atoms with van der Waals surface area (Å²) in [6, 6.07) is 16.3. The molecule has 6 heteroatoms. The highest BCUT2D eigenvalue weighted by molar-refractivity contribution is 7.08. The van der Waals surface area contributed by atoms with E-state index in [0.29, 0.717) is 5.56 Å². The zero-order valence-corrected chi connectivity index (χ0v) is 15.2. The molecule has 4 rings (SSSR count). The van der Waals surface area contributed by atoms with Crippen molar-refractivity contribution in [1.29, 1.82) is 0 Å². The number of fused-ring (bicyclic) bond motifs is 3. The van der Waals surface area contributed by atoms with Gasteiger partial charge in [-0.3, -0.25) is 0 Å². The number of ether oxygens (including phenoxy) is 1. The number of benzene rings is 2. The van der Waals surface area contributed by atoms with Crippen molar-refractivity contribution in [3.05, 3.63) is 81.5 Å². The van der Waals surface area contributed by atoms with Crippen LogP contribution in [0.2, 0.25) is 0 Å². The monoisotopic (exact) mass is 379 g/mol. The lowest BCUT2D eigenvalue weighted by Gasteiger charge is -2.14. The van der Waals surface area contributed by atoms with E-state index in [-0.39, 0.29) is 24.6 Å². The number of nitrogens with one attached hydrogen (secondary N) is 1. The van der Waals surface area contributed by atoms with Gasteiger partial charge in [0.15, 0.2) is 0 Å². The van der Waals surface area contributed by atoms with Crippen LogP contribution in [0.15, 0.2) is 59.3 Å². The van der Waals surface area contributed by atoms with Crippen molar-refractivity contribution in [3.8, 4) is 11.1 Å². The van der Waals surface area contributed by atoms with E-state index in [0.717, 1.165) is 11.1 Å². The molecule has 0 spiro atoms. The Morgan fingerprint density at radius 2 is 1.63 bits per heavy atom. The third kappa shape index (κ3) is 3.31. The molecule has 1 heterocycles. The molecule has 2 N–H and O–H groups in total. The average molecular weight is 379 g/mol. The first kappa shape index (κ1) is 17.3. The molecule has 0 saturated carbocycles. The number of hydrogen-bond donors (Lipinski definition) is 2. The van der Waals surface area contributed by atoms with Gasteiger partial charge in [0, 0.05) is 17.8 Å². The maximum Gasteiger partial charge on any atom is 0.407 e. The summed E-state index contributed by atoms with van der Waals surface area (Å²) in [5.41, 5.74) is 5.42. The minimum Gasteiger partial charge on any atom is -0.478 e. The fourth-order valence-electron chi connectivity index (χ4n) is 3.46. The van der Waals surface area contributed by atoms with Crippen LogP contribution in [-0.2, 0) is 11.3 Å². The Bertz CT molecular complexity index is 965. The van der Waals surface area contributed by atoms with Gasteiger partial charge in [0.2, 0.25) is 0 Å². The highest BCUT2D eigenvalue weighted by Gasteiger charge is 2.29. The number of rotatable bonds is 5. The van der Waals surface area contributed by atoms with Crippen molar-refractivity contribution in [2.75, 3.05) is 6.61 Å². The van der Waals surface area contributed by atoms with E-state index >= 15 is 0 Å². The van der Waals surface area contributed by atoms with Crippen molar-refractivity contribution >= 4 is 23.4 Å². The Balaban J connectivity index is 1.42. The summed E-state index contributed by atoms with van der Waals surface area (Å²) >= 11 is 1.29. The van der Waals surface area contributed by atoms with Gasteiger partial charge in [0.1, 0.15) is 6.61 Å². The lowest BCUT2D eigenvalue weighted by atomic mass is 9.98. The van der Waals surface area contributed by atoms with Crippen LogP contribution < -0.4 is 5.32 Å². The number of hydrogen-bond acceptors (Lipinski definition) is 4. The minimum atomic E-state index is -0.999. The normalized spacial score (nSPS) is 12.3. The Kier molecular flexibility index (Phi) is 4.64. The standard InChI is InChI=1S/C21H17NO4S/c23-20(24)19-12-27-11-13(19)9-22-21(25)26-10-18-16-7-3-1-5-14(16)15-6-2-4-8-17(15)18/h1-8,11-12,18H,9-10H2,(H,22,25)(H,23,24). The largest absolute Gasteiger partial charge is 0.478 e. The molecule has 0 fully saturated rings. The summed E-state index contributed by atoms with van der Waals surface area (Å²) in [5, 5.41) is 15.0. The molecule has 136 valence electrons. The molecule has 1 aliphatic rings. The SMILES string of the molecule is O=C(NCc1cscc1C(=O)O)OCC1c2ccccc2-c2ccccc21. The zero-order valence-electron chi connectivity index (χ0n) is 14.3. The fourth-order valence-corrected chi connectivity index (χ4v) is 4.30. The number of thiophene rings is 1. The molecule has 3 aromatic rings. The molecule has 0 unspecified atom stereocenters. The van der Waals surface area contributed by atoms with Crippen molar-refractivity contribution in [1.82, 2.24) is 5.32 Å². The number of aromatic carboxylic acids is 1. The van der Waals surface area contributed by atoms with E-state index in [4.69, 9.17) is 9.84 Å². The maximum atomic E-state index is 12.1. The number of alkyl carbamates (subject to hydrolysis) is 1. The molecule has 1 aliphatic carbocycles. The molecule has 0 saturated heterocycles. The molecule has 27 heavy (non-hydrogen) atoms. The van der Waals surface area contributed by atoms with Gasteiger partial charge in [-0.2, -0.15) is 11.3 Å². The van der Waals surface area contributed by atoms with Gasteiger partial charge in [0.25, 0.3) is 0 Å². The van der Waals surface area contributed by atoms with E-state index in [1.807, 2.05) is 24.3 Å². The van der Waals surface area contributed by atoms with E-state index < -0.39 is 12.1 Å². The number of carboxylic acids is 1. The number of carboxylic acid groups (broad SMARTS) is 1. The predicted octanol–water partition coefficient (Wildman–Crippen LogP) is 4.49. The van der Waals surface area contributed by atoms with Gasteiger partial charge in [-0.1, -0.05) is 48.5 Å². The van der Waals surface area contributed by atoms with Crippen LogP contribution in [-0.4, -0.2) is 23.8 Å². The molecule has 0 bridgehead atoms. The maximum absolute atomic E-state index is 12.1. The van der Waals surface area contributed by atoms with Crippen LogP contribution in [0.1, 0.15) is 33.0 Å². The van der Waals surface area contributed by atoms with Gasteiger partial charge in [0.05, 0.1) is 5.56 Å². The Morgan fingerprint density at radius 1 is 1.00 bits per heavy atom. The summed E-state index contributed by atoms with van der Waals surface area (Å²) in [7, 11) is 0. The molecule has 2 aromatic carbocycles. The third-order valence-electron chi connectivity index (χ3n) is 4.74. The lowest BCUT2D eigenvalue weighted by Crippen LogP contribution is -2.26. The van der Waals surface area contributed by atoms with E-state index in [2.05, 4.69) is 29.6 Å². The van der Waals surface area contributed by atoms with Crippen LogP contribution in [0.25, 0.3) is 11.1 Å². The quantitative estimate of drug-likeness (QED) is 0.685. The molecule has 0 radical (unpaired) electrons. The summed E-state index contributed by atoms with van der Waals surface area (Å²) in [4.78, 5) is 23.2. The Morgan fingerprint density at radius 3 is 2.26 bits per heavy atom. The highest BCUT2D eigenvalue weighted by Crippen LogP contribution is 2.44. The van der Waals surface area contributed by atoms with Crippen LogP contribution in [0.5, 0.6) is 0 Å².